The number of hydrogen-bond acceptors (Lipinski definition) is 6. The highest BCUT2D eigenvalue weighted by Crippen LogP contribution is 2.29. The molecule has 0 fully saturated rings. The van der Waals surface area contributed by atoms with Crippen molar-refractivity contribution >= 4 is 11.8 Å². The summed E-state index contributed by atoms with van der Waals surface area (Å²) in [6, 6.07) is 20.2. The van der Waals surface area contributed by atoms with E-state index in [9.17, 15) is 0 Å². The maximum absolute atomic E-state index is 5.39. The van der Waals surface area contributed by atoms with E-state index in [4.69, 9.17) is 4.52 Å². The van der Waals surface area contributed by atoms with Crippen LogP contribution in [-0.4, -0.2) is 24.9 Å². The molecule has 0 aliphatic rings. The van der Waals surface area contributed by atoms with E-state index in [1.165, 1.54) is 11.8 Å². The number of para-hydroxylation sites is 1. The van der Waals surface area contributed by atoms with Gasteiger partial charge >= 0.3 is 0 Å². The van der Waals surface area contributed by atoms with E-state index in [2.05, 4.69) is 45.7 Å². The average molecular weight is 392 g/mol. The third-order valence-corrected chi connectivity index (χ3v) is 5.04. The van der Waals surface area contributed by atoms with E-state index in [0.29, 0.717) is 17.5 Å². The van der Waals surface area contributed by atoms with Gasteiger partial charge in [-0.3, -0.25) is 4.57 Å². The van der Waals surface area contributed by atoms with Gasteiger partial charge < -0.3 is 4.52 Å². The van der Waals surface area contributed by atoms with Gasteiger partial charge in [-0.15, -0.1) is 10.2 Å². The van der Waals surface area contributed by atoms with Crippen LogP contribution in [0.15, 0.2) is 70.3 Å². The first-order valence-corrected chi connectivity index (χ1v) is 10.0. The highest BCUT2D eigenvalue weighted by atomic mass is 32.2. The largest absolute Gasteiger partial charge is 0.339 e. The Morgan fingerprint density at radius 1 is 0.929 bits per heavy atom. The fourth-order valence-electron chi connectivity index (χ4n) is 2.69. The minimum atomic E-state index is -0.166. The molecule has 4 aromatic rings. The van der Waals surface area contributed by atoms with Crippen molar-refractivity contribution in [3.63, 3.8) is 0 Å². The Bertz CT molecular complexity index is 1050. The summed E-state index contributed by atoms with van der Waals surface area (Å²) < 4.78 is 7.45. The van der Waals surface area contributed by atoms with Crippen molar-refractivity contribution in [2.24, 2.45) is 0 Å². The summed E-state index contributed by atoms with van der Waals surface area (Å²) in [4.78, 5) is 4.51. The van der Waals surface area contributed by atoms with Gasteiger partial charge in [-0.2, -0.15) is 4.98 Å². The summed E-state index contributed by atoms with van der Waals surface area (Å²) >= 11 is 1.54. The van der Waals surface area contributed by atoms with Crippen LogP contribution in [0.3, 0.4) is 0 Å². The third-order valence-electron chi connectivity index (χ3n) is 4.12. The summed E-state index contributed by atoms with van der Waals surface area (Å²) in [7, 11) is 0. The number of aromatic nitrogens is 5. The van der Waals surface area contributed by atoms with Crippen LogP contribution in [-0.2, 0) is 11.2 Å². The number of rotatable bonds is 5. The second-order valence-corrected chi connectivity index (χ2v) is 8.34. The minimum Gasteiger partial charge on any atom is -0.339 e. The SMILES string of the molecule is CC(C)(C)c1nc(CSc2nnc(-c3ccccc3)n2-c2ccccc2)no1. The molecule has 142 valence electrons. The van der Waals surface area contributed by atoms with E-state index in [0.717, 1.165) is 22.2 Å². The first kappa shape index (κ1) is 18.4. The zero-order valence-corrected chi connectivity index (χ0v) is 16.8. The molecule has 0 atom stereocenters. The Hall–Kier alpha value is -2.93. The lowest BCUT2D eigenvalue weighted by Gasteiger charge is -2.10. The van der Waals surface area contributed by atoms with Gasteiger partial charge in [-0.05, 0) is 12.1 Å². The molecule has 0 saturated carbocycles. The van der Waals surface area contributed by atoms with Crippen LogP contribution >= 0.6 is 11.8 Å². The summed E-state index contributed by atoms with van der Waals surface area (Å²) in [6.45, 7) is 6.15. The Morgan fingerprint density at radius 3 is 2.25 bits per heavy atom. The molecule has 0 unspecified atom stereocenters. The zero-order chi connectivity index (χ0) is 19.6. The van der Waals surface area contributed by atoms with Gasteiger partial charge in [-0.25, -0.2) is 0 Å². The molecule has 0 amide bonds. The molecule has 0 radical (unpaired) electrons. The predicted octanol–water partition coefficient (Wildman–Crippen LogP) is 4.91. The van der Waals surface area contributed by atoms with Crippen LogP contribution in [0.25, 0.3) is 17.1 Å². The van der Waals surface area contributed by atoms with Crippen molar-refractivity contribution in [2.45, 2.75) is 37.1 Å². The Morgan fingerprint density at radius 2 is 1.61 bits per heavy atom. The van der Waals surface area contributed by atoms with Crippen molar-refractivity contribution in [2.75, 3.05) is 0 Å². The second kappa shape index (κ2) is 7.59. The van der Waals surface area contributed by atoms with E-state index in [1.54, 1.807) is 0 Å². The Balaban J connectivity index is 1.66. The highest BCUT2D eigenvalue weighted by molar-refractivity contribution is 7.98. The molecule has 0 aliphatic carbocycles. The van der Waals surface area contributed by atoms with Gasteiger partial charge in [-0.1, -0.05) is 86.2 Å². The van der Waals surface area contributed by atoms with Crippen molar-refractivity contribution in [3.8, 4) is 17.1 Å². The average Bonchev–Trinajstić information content (AvgIpc) is 3.35. The molecule has 6 nitrogen and oxygen atoms in total. The molecule has 0 bridgehead atoms. The van der Waals surface area contributed by atoms with Crippen LogP contribution in [0.2, 0.25) is 0 Å². The molecule has 7 heteroatoms. The van der Waals surface area contributed by atoms with Gasteiger partial charge in [0.2, 0.25) is 5.89 Å². The summed E-state index contributed by atoms with van der Waals surface area (Å²) in [5.74, 6) is 2.65. The van der Waals surface area contributed by atoms with Crippen LogP contribution in [0.1, 0.15) is 32.5 Å². The first-order valence-electron chi connectivity index (χ1n) is 9.04. The molecular formula is C21H21N5OS. The molecule has 0 spiro atoms. The zero-order valence-electron chi connectivity index (χ0n) is 16.0. The minimum absolute atomic E-state index is 0.166. The van der Waals surface area contributed by atoms with E-state index in [-0.39, 0.29) is 5.41 Å². The number of hydrogen-bond donors (Lipinski definition) is 0. The topological polar surface area (TPSA) is 69.6 Å². The fraction of sp³-hybridized carbons (Fsp3) is 0.238. The molecule has 0 N–H and O–H groups in total. The van der Waals surface area contributed by atoms with Gasteiger partial charge in [0.15, 0.2) is 16.8 Å². The van der Waals surface area contributed by atoms with Crippen LogP contribution in [0, 0.1) is 0 Å². The van der Waals surface area contributed by atoms with Crippen molar-refractivity contribution in [1.82, 2.24) is 24.9 Å². The van der Waals surface area contributed by atoms with Crippen molar-refractivity contribution in [1.29, 1.82) is 0 Å². The molecule has 0 saturated heterocycles. The molecule has 2 heterocycles. The molecule has 4 rings (SSSR count). The summed E-state index contributed by atoms with van der Waals surface area (Å²) in [5.41, 5.74) is 1.86. The van der Waals surface area contributed by atoms with E-state index in [1.807, 2.05) is 60.7 Å². The van der Waals surface area contributed by atoms with Gasteiger partial charge in [0, 0.05) is 16.7 Å². The quantitative estimate of drug-likeness (QED) is 0.450. The standard InChI is InChI=1S/C21H21N5OS/c1-21(2,3)19-22-17(25-27-19)14-28-20-24-23-18(15-10-6-4-7-11-15)26(20)16-12-8-5-9-13-16/h4-13H,14H2,1-3H3. The number of thioether (sulfide) groups is 1. The molecule has 0 aliphatic heterocycles. The fourth-order valence-corrected chi connectivity index (χ4v) is 3.49. The summed E-state index contributed by atoms with van der Waals surface area (Å²) in [5, 5.41) is 13.8. The monoisotopic (exact) mass is 391 g/mol. The van der Waals surface area contributed by atoms with Gasteiger partial charge in [0.1, 0.15) is 0 Å². The van der Waals surface area contributed by atoms with Crippen molar-refractivity contribution in [3.05, 3.63) is 72.4 Å². The number of nitrogens with zero attached hydrogens (tertiary/aromatic N) is 5. The molecule has 28 heavy (non-hydrogen) atoms. The summed E-state index contributed by atoms with van der Waals surface area (Å²) in [6.07, 6.45) is 0. The van der Waals surface area contributed by atoms with Gasteiger partial charge in [0.25, 0.3) is 0 Å². The van der Waals surface area contributed by atoms with Crippen molar-refractivity contribution < 1.29 is 4.52 Å². The van der Waals surface area contributed by atoms with E-state index < -0.39 is 0 Å². The molecule has 2 aromatic heterocycles. The van der Waals surface area contributed by atoms with Crippen LogP contribution in [0.5, 0.6) is 0 Å². The molecular weight excluding hydrogens is 370 g/mol. The first-order chi connectivity index (χ1) is 13.5. The van der Waals surface area contributed by atoms with Crippen LogP contribution < -0.4 is 0 Å². The maximum atomic E-state index is 5.39. The van der Waals surface area contributed by atoms with E-state index >= 15 is 0 Å². The lowest BCUT2D eigenvalue weighted by atomic mass is 9.97. The third kappa shape index (κ3) is 3.84. The Kier molecular flexibility index (Phi) is 5.00. The van der Waals surface area contributed by atoms with Crippen LogP contribution in [0.4, 0.5) is 0 Å². The molecule has 2 aromatic carbocycles. The normalized spacial score (nSPS) is 11.7. The van der Waals surface area contributed by atoms with Gasteiger partial charge in [0.05, 0.1) is 5.75 Å². The second-order valence-electron chi connectivity index (χ2n) is 7.40. The number of benzene rings is 2. The maximum Gasteiger partial charge on any atom is 0.232 e. The lowest BCUT2D eigenvalue weighted by Crippen LogP contribution is -2.11. The Labute approximate surface area is 168 Å². The predicted molar refractivity (Wildman–Crippen MR) is 109 cm³/mol. The smallest absolute Gasteiger partial charge is 0.232 e. The highest BCUT2D eigenvalue weighted by Gasteiger charge is 2.22. The lowest BCUT2D eigenvalue weighted by molar-refractivity contribution is 0.319.